The maximum atomic E-state index is 12.4. The normalized spacial score (nSPS) is 12.0. The first-order valence-corrected chi connectivity index (χ1v) is 9.28. The van der Waals surface area contributed by atoms with Gasteiger partial charge in [0, 0.05) is 4.47 Å². The summed E-state index contributed by atoms with van der Waals surface area (Å²) in [5.74, 6) is -0.849. The summed E-state index contributed by atoms with van der Waals surface area (Å²) < 4.78 is 28.0. The Morgan fingerprint density at radius 2 is 1.46 bits per heavy atom. The Morgan fingerprint density at radius 3 is 1.92 bits per heavy atom. The van der Waals surface area contributed by atoms with Crippen LogP contribution < -0.4 is 10.2 Å². The lowest BCUT2D eigenvalue weighted by atomic mass is 10.1. The highest BCUT2D eigenvalue weighted by Crippen LogP contribution is 2.23. The zero-order valence-electron chi connectivity index (χ0n) is 13.1. The van der Waals surface area contributed by atoms with Crippen molar-refractivity contribution in [3.05, 3.63) is 53.0 Å². The van der Waals surface area contributed by atoms with Crippen LogP contribution in [0, 0.1) is 0 Å². The van der Waals surface area contributed by atoms with E-state index in [1.807, 2.05) is 24.3 Å². The molecule has 0 aliphatic carbocycles. The van der Waals surface area contributed by atoms with Gasteiger partial charge in [-0.1, -0.05) is 40.2 Å². The maximum Gasteiger partial charge on any atom is 0.264 e. The van der Waals surface area contributed by atoms with Crippen molar-refractivity contribution >= 4 is 31.9 Å². The molecule has 2 aromatic carbocycles. The Labute approximate surface area is 149 Å². The molecule has 0 saturated heterocycles. The van der Waals surface area contributed by atoms with Crippen molar-refractivity contribution in [2.75, 3.05) is 0 Å². The molecular formula is C16H17BrN2O4S. The highest BCUT2D eigenvalue weighted by atomic mass is 79.9. The van der Waals surface area contributed by atoms with Gasteiger partial charge in [-0.25, -0.2) is 13.9 Å². The van der Waals surface area contributed by atoms with E-state index in [9.17, 15) is 13.2 Å². The molecule has 24 heavy (non-hydrogen) atoms. The monoisotopic (exact) mass is 412 g/mol. The van der Waals surface area contributed by atoms with Crippen molar-refractivity contribution in [1.82, 2.24) is 10.2 Å². The third kappa shape index (κ3) is 4.21. The summed E-state index contributed by atoms with van der Waals surface area (Å²) in [6.07, 6.45) is 0. The molecule has 1 amide bonds. The van der Waals surface area contributed by atoms with E-state index in [0.717, 1.165) is 15.6 Å². The molecule has 0 heterocycles. The number of nitrogens with one attached hydrogen (secondary N) is 2. The average molecular weight is 413 g/mol. The first-order chi connectivity index (χ1) is 11.2. The van der Waals surface area contributed by atoms with Crippen LogP contribution in [0.2, 0.25) is 0 Å². The fraction of sp³-hybridized carbons (Fsp3) is 0.188. The second kappa shape index (κ2) is 7.02. The summed E-state index contributed by atoms with van der Waals surface area (Å²) in [5, 5.41) is 8.68. The second-order valence-electron chi connectivity index (χ2n) is 5.70. The van der Waals surface area contributed by atoms with Gasteiger partial charge in [-0.2, -0.15) is 4.72 Å². The van der Waals surface area contributed by atoms with Crippen molar-refractivity contribution in [2.24, 2.45) is 0 Å². The maximum absolute atomic E-state index is 12.4. The number of sulfonamides is 1. The number of benzene rings is 2. The van der Waals surface area contributed by atoms with Crippen molar-refractivity contribution in [3.8, 4) is 11.1 Å². The molecule has 0 radical (unpaired) electrons. The Bertz CT molecular complexity index is 831. The molecule has 0 aliphatic rings. The molecule has 6 nitrogen and oxygen atoms in total. The minimum atomic E-state index is -3.91. The quantitative estimate of drug-likeness (QED) is 0.519. The van der Waals surface area contributed by atoms with Crippen molar-refractivity contribution in [3.63, 3.8) is 0 Å². The number of carbonyl (C=O) groups is 1. The van der Waals surface area contributed by atoms with E-state index in [2.05, 4.69) is 20.7 Å². The number of carbonyl (C=O) groups excluding carboxylic acids is 1. The van der Waals surface area contributed by atoms with Crippen LogP contribution in [0.15, 0.2) is 57.9 Å². The second-order valence-corrected chi connectivity index (χ2v) is 8.30. The predicted octanol–water partition coefficient (Wildman–Crippen LogP) is 2.68. The van der Waals surface area contributed by atoms with Crippen LogP contribution in [0.25, 0.3) is 11.1 Å². The number of hydrogen-bond acceptors (Lipinski definition) is 4. The molecule has 0 spiro atoms. The van der Waals surface area contributed by atoms with Gasteiger partial charge in [0.05, 0.1) is 4.90 Å². The molecule has 0 unspecified atom stereocenters. The summed E-state index contributed by atoms with van der Waals surface area (Å²) in [5.41, 5.74) is 1.78. The smallest absolute Gasteiger partial charge is 0.264 e. The van der Waals surface area contributed by atoms with Gasteiger partial charge in [0.15, 0.2) is 0 Å². The molecule has 0 fully saturated rings. The van der Waals surface area contributed by atoms with E-state index in [4.69, 9.17) is 5.21 Å². The van der Waals surface area contributed by atoms with Gasteiger partial charge >= 0.3 is 0 Å². The predicted molar refractivity (Wildman–Crippen MR) is 93.9 cm³/mol. The fourth-order valence-corrected chi connectivity index (χ4v) is 3.69. The highest BCUT2D eigenvalue weighted by Gasteiger charge is 2.33. The molecule has 2 rings (SSSR count). The standard InChI is InChI=1S/C16H17BrN2O4S/c1-16(2,15(20)18-21)19-24(22,23)14-9-5-12(6-10-14)11-3-7-13(17)8-4-11/h3-10,19,21H,1-2H3,(H,18,20). The van der Waals surface area contributed by atoms with E-state index in [1.54, 1.807) is 12.1 Å². The molecule has 0 saturated carbocycles. The molecule has 0 atom stereocenters. The minimum Gasteiger partial charge on any atom is -0.289 e. The lowest BCUT2D eigenvalue weighted by molar-refractivity contribution is -0.134. The molecule has 3 N–H and O–H groups in total. The molecule has 0 aliphatic heterocycles. The van der Waals surface area contributed by atoms with Crippen LogP contribution in [-0.2, 0) is 14.8 Å². The van der Waals surface area contributed by atoms with E-state index >= 15 is 0 Å². The molecule has 8 heteroatoms. The average Bonchev–Trinajstić information content (AvgIpc) is 2.54. The van der Waals surface area contributed by atoms with E-state index in [1.165, 1.54) is 31.5 Å². The number of halogens is 1. The van der Waals surface area contributed by atoms with Gasteiger partial charge in [-0.3, -0.25) is 10.0 Å². The third-order valence-corrected chi connectivity index (χ3v) is 5.60. The van der Waals surface area contributed by atoms with Gasteiger partial charge in [0.2, 0.25) is 10.0 Å². The lowest BCUT2D eigenvalue weighted by Gasteiger charge is -2.23. The topological polar surface area (TPSA) is 95.5 Å². The zero-order chi connectivity index (χ0) is 18.0. The Hall–Kier alpha value is -1.74. The number of rotatable bonds is 5. The Balaban J connectivity index is 2.26. The SMILES string of the molecule is CC(C)(NS(=O)(=O)c1ccc(-c2ccc(Br)cc2)cc1)C(=O)NO. The lowest BCUT2D eigenvalue weighted by Crippen LogP contribution is -2.53. The van der Waals surface area contributed by atoms with E-state index in [0.29, 0.717) is 0 Å². The molecule has 0 aromatic heterocycles. The van der Waals surface area contributed by atoms with Crippen molar-refractivity contribution in [2.45, 2.75) is 24.3 Å². The van der Waals surface area contributed by atoms with Gasteiger partial charge in [0.25, 0.3) is 5.91 Å². The Kier molecular flexibility index (Phi) is 5.44. The highest BCUT2D eigenvalue weighted by molar-refractivity contribution is 9.10. The van der Waals surface area contributed by atoms with Crippen molar-refractivity contribution < 1.29 is 18.4 Å². The van der Waals surface area contributed by atoms with Crippen LogP contribution in [0.5, 0.6) is 0 Å². The minimum absolute atomic E-state index is 0.0298. The first kappa shape index (κ1) is 18.6. The van der Waals surface area contributed by atoms with E-state index in [-0.39, 0.29) is 4.90 Å². The number of hydrogen-bond donors (Lipinski definition) is 3. The number of hydroxylamine groups is 1. The van der Waals surface area contributed by atoms with Crippen LogP contribution >= 0.6 is 15.9 Å². The van der Waals surface area contributed by atoms with Crippen molar-refractivity contribution in [1.29, 1.82) is 0 Å². The van der Waals surface area contributed by atoms with Gasteiger partial charge < -0.3 is 0 Å². The van der Waals surface area contributed by atoms with Gasteiger partial charge in [-0.05, 0) is 49.2 Å². The van der Waals surface area contributed by atoms with Crippen LogP contribution in [0.1, 0.15) is 13.8 Å². The fourth-order valence-electron chi connectivity index (χ4n) is 2.05. The zero-order valence-corrected chi connectivity index (χ0v) is 15.5. The summed E-state index contributed by atoms with van der Waals surface area (Å²) >= 11 is 3.36. The van der Waals surface area contributed by atoms with Crippen LogP contribution in [0.3, 0.4) is 0 Å². The summed E-state index contributed by atoms with van der Waals surface area (Å²) in [4.78, 5) is 11.5. The molecule has 128 valence electrons. The van der Waals surface area contributed by atoms with E-state index < -0.39 is 21.5 Å². The summed E-state index contributed by atoms with van der Waals surface area (Å²) in [6.45, 7) is 2.71. The summed E-state index contributed by atoms with van der Waals surface area (Å²) in [7, 11) is -3.91. The summed E-state index contributed by atoms with van der Waals surface area (Å²) in [6, 6.07) is 13.9. The molecule has 0 bridgehead atoms. The molecule has 2 aromatic rings. The molecular weight excluding hydrogens is 396 g/mol. The van der Waals surface area contributed by atoms with Gasteiger partial charge in [-0.15, -0.1) is 0 Å². The first-order valence-electron chi connectivity index (χ1n) is 7.00. The number of amides is 1. The Morgan fingerprint density at radius 1 is 1.00 bits per heavy atom. The van der Waals surface area contributed by atoms with Gasteiger partial charge in [0.1, 0.15) is 5.54 Å². The van der Waals surface area contributed by atoms with Crippen LogP contribution in [0.4, 0.5) is 0 Å². The van der Waals surface area contributed by atoms with Crippen LogP contribution in [-0.4, -0.2) is 25.1 Å². The largest absolute Gasteiger partial charge is 0.289 e. The third-order valence-electron chi connectivity index (χ3n) is 3.40.